The zero-order valence-corrected chi connectivity index (χ0v) is 14.2. The number of hydrogen-bond acceptors (Lipinski definition) is 4. The number of unbranched alkanes of at least 4 members (excludes halogenated alkanes) is 2. The second-order valence-corrected chi connectivity index (χ2v) is 5.49. The van der Waals surface area contributed by atoms with E-state index in [4.69, 9.17) is 15.2 Å². The van der Waals surface area contributed by atoms with Gasteiger partial charge in [-0.15, -0.1) is 0 Å². The lowest BCUT2D eigenvalue weighted by atomic mass is 10.2. The highest BCUT2D eigenvalue weighted by molar-refractivity contribution is 6.05. The van der Waals surface area contributed by atoms with Gasteiger partial charge in [-0.3, -0.25) is 4.79 Å². The summed E-state index contributed by atoms with van der Waals surface area (Å²) in [5, 5.41) is 2.81. The van der Waals surface area contributed by atoms with Gasteiger partial charge in [0.1, 0.15) is 11.5 Å². The van der Waals surface area contributed by atoms with Crippen LogP contribution < -0.4 is 20.5 Å². The number of nitrogens with one attached hydrogen (secondary N) is 1. The molecular weight excluding hydrogens is 304 g/mol. The van der Waals surface area contributed by atoms with Crippen LogP contribution in [0.5, 0.6) is 11.5 Å². The van der Waals surface area contributed by atoms with E-state index >= 15 is 0 Å². The summed E-state index contributed by atoms with van der Waals surface area (Å²) in [7, 11) is 1.55. The van der Waals surface area contributed by atoms with E-state index in [-0.39, 0.29) is 5.91 Å². The van der Waals surface area contributed by atoms with Crippen molar-refractivity contribution in [3.63, 3.8) is 0 Å². The lowest BCUT2D eigenvalue weighted by Crippen LogP contribution is -2.13. The van der Waals surface area contributed by atoms with E-state index in [2.05, 4.69) is 12.2 Å². The number of rotatable bonds is 8. The maximum absolute atomic E-state index is 12.4. The van der Waals surface area contributed by atoms with Gasteiger partial charge in [0.15, 0.2) is 0 Å². The lowest BCUT2D eigenvalue weighted by Gasteiger charge is -2.11. The van der Waals surface area contributed by atoms with Gasteiger partial charge < -0.3 is 20.5 Å². The SMILES string of the molecule is CCCCCOc1ccc(C(=O)Nc2cc(N)ccc2OC)cc1. The maximum Gasteiger partial charge on any atom is 0.255 e. The molecule has 0 spiro atoms. The van der Waals surface area contributed by atoms with Crippen molar-refractivity contribution < 1.29 is 14.3 Å². The van der Waals surface area contributed by atoms with Crippen LogP contribution in [0.2, 0.25) is 0 Å². The van der Waals surface area contributed by atoms with Crippen LogP contribution in [0.15, 0.2) is 42.5 Å². The number of nitrogen functional groups attached to an aromatic ring is 1. The number of carbonyl (C=O) groups is 1. The molecule has 0 radical (unpaired) electrons. The number of carbonyl (C=O) groups excluding carboxylic acids is 1. The van der Waals surface area contributed by atoms with E-state index in [1.165, 1.54) is 0 Å². The van der Waals surface area contributed by atoms with Crippen molar-refractivity contribution in [3.8, 4) is 11.5 Å². The van der Waals surface area contributed by atoms with Crippen LogP contribution in [-0.4, -0.2) is 19.6 Å². The molecule has 0 aliphatic rings. The van der Waals surface area contributed by atoms with Crippen molar-refractivity contribution in [1.82, 2.24) is 0 Å². The van der Waals surface area contributed by atoms with Crippen LogP contribution in [0.1, 0.15) is 36.5 Å². The second-order valence-electron chi connectivity index (χ2n) is 5.49. The Labute approximate surface area is 142 Å². The van der Waals surface area contributed by atoms with Gasteiger partial charge >= 0.3 is 0 Å². The fourth-order valence-electron chi connectivity index (χ4n) is 2.26. The molecule has 1 amide bonds. The predicted molar refractivity (Wildman–Crippen MR) is 96.8 cm³/mol. The molecule has 0 fully saturated rings. The van der Waals surface area contributed by atoms with E-state index in [0.29, 0.717) is 29.3 Å². The first-order chi connectivity index (χ1) is 11.6. The molecule has 24 heavy (non-hydrogen) atoms. The van der Waals surface area contributed by atoms with Gasteiger partial charge in [-0.05, 0) is 48.9 Å². The van der Waals surface area contributed by atoms with Gasteiger partial charge in [-0.25, -0.2) is 0 Å². The number of nitrogens with two attached hydrogens (primary N) is 1. The van der Waals surface area contributed by atoms with Crippen molar-refractivity contribution in [1.29, 1.82) is 0 Å². The minimum Gasteiger partial charge on any atom is -0.495 e. The summed E-state index contributed by atoms with van der Waals surface area (Å²) in [6.07, 6.45) is 3.35. The molecule has 0 aliphatic carbocycles. The zero-order valence-electron chi connectivity index (χ0n) is 14.2. The molecule has 0 aliphatic heterocycles. The number of ether oxygens (including phenoxy) is 2. The van der Waals surface area contributed by atoms with Crippen LogP contribution in [-0.2, 0) is 0 Å². The molecule has 3 N–H and O–H groups in total. The molecule has 5 heteroatoms. The highest BCUT2D eigenvalue weighted by atomic mass is 16.5. The van der Waals surface area contributed by atoms with Gasteiger partial charge in [0, 0.05) is 11.3 Å². The zero-order chi connectivity index (χ0) is 17.4. The van der Waals surface area contributed by atoms with Crippen LogP contribution in [0.25, 0.3) is 0 Å². The number of anilines is 2. The molecule has 2 aromatic carbocycles. The first-order valence-electron chi connectivity index (χ1n) is 8.11. The molecule has 2 aromatic rings. The van der Waals surface area contributed by atoms with Gasteiger partial charge in [-0.2, -0.15) is 0 Å². The summed E-state index contributed by atoms with van der Waals surface area (Å²) in [6, 6.07) is 12.2. The number of amides is 1. The fraction of sp³-hybridized carbons (Fsp3) is 0.316. The van der Waals surface area contributed by atoms with E-state index in [9.17, 15) is 4.79 Å². The molecule has 0 heterocycles. The summed E-state index contributed by atoms with van der Waals surface area (Å²) in [4.78, 5) is 12.4. The molecule has 5 nitrogen and oxygen atoms in total. The van der Waals surface area contributed by atoms with E-state index in [1.807, 2.05) is 0 Å². The predicted octanol–water partition coefficient (Wildman–Crippen LogP) is 4.10. The monoisotopic (exact) mass is 328 g/mol. The highest BCUT2D eigenvalue weighted by Crippen LogP contribution is 2.27. The van der Waals surface area contributed by atoms with Crippen molar-refractivity contribution in [2.45, 2.75) is 26.2 Å². The number of benzene rings is 2. The van der Waals surface area contributed by atoms with Crippen LogP contribution >= 0.6 is 0 Å². The van der Waals surface area contributed by atoms with E-state index < -0.39 is 0 Å². The molecule has 128 valence electrons. The Kier molecular flexibility index (Phi) is 6.49. The molecule has 2 rings (SSSR count). The summed E-state index contributed by atoms with van der Waals surface area (Å²) < 4.78 is 10.9. The van der Waals surface area contributed by atoms with Crippen LogP contribution in [0, 0.1) is 0 Å². The Balaban J connectivity index is 1.99. The van der Waals surface area contributed by atoms with Gasteiger partial charge in [0.25, 0.3) is 5.91 Å². The first kappa shape index (κ1) is 17.7. The van der Waals surface area contributed by atoms with Crippen molar-refractivity contribution in [3.05, 3.63) is 48.0 Å². The third-order valence-corrected chi connectivity index (χ3v) is 3.60. The fourth-order valence-corrected chi connectivity index (χ4v) is 2.26. The smallest absolute Gasteiger partial charge is 0.255 e. The van der Waals surface area contributed by atoms with Gasteiger partial charge in [0.2, 0.25) is 0 Å². The normalized spacial score (nSPS) is 10.2. The van der Waals surface area contributed by atoms with E-state index in [0.717, 1.165) is 25.0 Å². The number of methoxy groups -OCH3 is 1. The van der Waals surface area contributed by atoms with Crippen molar-refractivity contribution >= 4 is 17.3 Å². The standard InChI is InChI=1S/C19H24N2O3/c1-3-4-5-12-24-16-9-6-14(7-10-16)19(22)21-17-13-15(20)8-11-18(17)23-2/h6-11,13H,3-5,12,20H2,1-2H3,(H,21,22). The van der Waals surface area contributed by atoms with Crippen LogP contribution in [0.3, 0.4) is 0 Å². The Bertz CT molecular complexity index is 669. The molecule has 0 saturated carbocycles. The molecular formula is C19H24N2O3. The molecule has 0 bridgehead atoms. The molecule has 0 aromatic heterocycles. The molecule has 0 unspecified atom stereocenters. The third-order valence-electron chi connectivity index (χ3n) is 3.60. The maximum atomic E-state index is 12.4. The van der Waals surface area contributed by atoms with Gasteiger partial charge in [-0.1, -0.05) is 19.8 Å². The average Bonchev–Trinajstić information content (AvgIpc) is 2.59. The minimum absolute atomic E-state index is 0.226. The first-order valence-corrected chi connectivity index (χ1v) is 8.11. The van der Waals surface area contributed by atoms with Crippen molar-refractivity contribution in [2.24, 2.45) is 0 Å². The minimum atomic E-state index is -0.226. The molecule has 0 saturated heterocycles. The molecule has 0 atom stereocenters. The quantitative estimate of drug-likeness (QED) is 0.565. The van der Waals surface area contributed by atoms with Gasteiger partial charge in [0.05, 0.1) is 19.4 Å². The average molecular weight is 328 g/mol. The summed E-state index contributed by atoms with van der Waals surface area (Å²) in [5.41, 5.74) is 7.40. The second kappa shape index (κ2) is 8.82. The van der Waals surface area contributed by atoms with E-state index in [1.54, 1.807) is 49.6 Å². The highest BCUT2D eigenvalue weighted by Gasteiger charge is 2.10. The van der Waals surface area contributed by atoms with Crippen LogP contribution in [0.4, 0.5) is 11.4 Å². The lowest BCUT2D eigenvalue weighted by molar-refractivity contribution is 0.102. The van der Waals surface area contributed by atoms with Crippen molar-refractivity contribution in [2.75, 3.05) is 24.8 Å². The Morgan fingerprint density at radius 2 is 1.88 bits per heavy atom. The third kappa shape index (κ3) is 4.91. The Hall–Kier alpha value is -2.69. The Morgan fingerprint density at radius 1 is 1.12 bits per heavy atom. The topological polar surface area (TPSA) is 73.6 Å². The summed E-state index contributed by atoms with van der Waals surface area (Å²) in [6.45, 7) is 2.85. The largest absolute Gasteiger partial charge is 0.495 e. The summed E-state index contributed by atoms with van der Waals surface area (Å²) >= 11 is 0. The Morgan fingerprint density at radius 3 is 2.54 bits per heavy atom. The number of hydrogen-bond donors (Lipinski definition) is 2. The summed E-state index contributed by atoms with van der Waals surface area (Å²) in [5.74, 6) is 1.11.